The predicted molar refractivity (Wildman–Crippen MR) is 228 cm³/mol. The average molecular weight is 750 g/mol. The third-order valence-corrected chi connectivity index (χ3v) is 10.4. The number of para-hydroxylation sites is 2. The van der Waals surface area contributed by atoms with E-state index in [0.29, 0.717) is 34.4 Å². The summed E-state index contributed by atoms with van der Waals surface area (Å²) in [6.07, 6.45) is 6.60. The van der Waals surface area contributed by atoms with E-state index in [1.807, 2.05) is 103 Å². The van der Waals surface area contributed by atoms with E-state index in [1.165, 1.54) is 12.7 Å². The highest BCUT2D eigenvalue weighted by atomic mass is 16.5. The lowest BCUT2D eigenvalue weighted by Gasteiger charge is -2.19. The molecule has 0 aliphatic heterocycles. The molecule has 274 valence electrons. The second-order valence-electron chi connectivity index (χ2n) is 13.8. The van der Waals surface area contributed by atoms with Gasteiger partial charge in [0.25, 0.3) is 0 Å². The first-order chi connectivity index (χ1) is 28.8. The SMILES string of the molecule is c1ccc(-c2c(Oc3ccc4c5ccccc5n(-c5ccccn5)c4c3)cc(-c3ncncn3)cc2Oc2ccc3c4ccccc4n(-c4ccccn4)c3c2)cc1. The predicted octanol–water partition coefficient (Wildman–Crippen LogP) is 11.8. The van der Waals surface area contributed by atoms with E-state index in [2.05, 4.69) is 96.9 Å². The number of nitrogens with zero attached hydrogens (tertiary/aromatic N) is 7. The van der Waals surface area contributed by atoms with Crippen LogP contribution in [0.25, 0.3) is 77.8 Å². The number of benzene rings is 6. The maximum atomic E-state index is 6.99. The largest absolute Gasteiger partial charge is 0.456 e. The molecule has 6 aromatic carbocycles. The van der Waals surface area contributed by atoms with Gasteiger partial charge in [0, 0.05) is 51.6 Å². The highest BCUT2D eigenvalue weighted by Crippen LogP contribution is 2.46. The van der Waals surface area contributed by atoms with Gasteiger partial charge in [-0.2, -0.15) is 0 Å². The molecule has 0 bridgehead atoms. The molecule has 0 amide bonds. The Morgan fingerprint density at radius 3 is 1.38 bits per heavy atom. The molecule has 5 heterocycles. The molecule has 0 atom stereocenters. The number of rotatable bonds is 8. The Kier molecular flexibility index (Phi) is 7.92. The van der Waals surface area contributed by atoms with E-state index in [0.717, 1.165) is 66.4 Å². The van der Waals surface area contributed by atoms with Crippen molar-refractivity contribution < 1.29 is 9.47 Å². The molecule has 0 aliphatic rings. The number of aromatic nitrogens is 7. The fourth-order valence-corrected chi connectivity index (χ4v) is 7.90. The lowest BCUT2D eigenvalue weighted by Crippen LogP contribution is -1.98. The van der Waals surface area contributed by atoms with Crippen LogP contribution in [0.4, 0.5) is 0 Å². The third kappa shape index (κ3) is 5.69. The van der Waals surface area contributed by atoms with Crippen molar-refractivity contribution in [1.82, 2.24) is 34.1 Å². The van der Waals surface area contributed by atoms with E-state index in [-0.39, 0.29) is 0 Å². The van der Waals surface area contributed by atoms with Crippen molar-refractivity contribution >= 4 is 43.6 Å². The van der Waals surface area contributed by atoms with Gasteiger partial charge >= 0.3 is 0 Å². The zero-order valence-corrected chi connectivity index (χ0v) is 30.8. The van der Waals surface area contributed by atoms with Crippen molar-refractivity contribution in [2.45, 2.75) is 0 Å². The van der Waals surface area contributed by atoms with E-state index < -0.39 is 0 Å². The number of hydrogen-bond acceptors (Lipinski definition) is 7. The van der Waals surface area contributed by atoms with Gasteiger partial charge in [0.15, 0.2) is 5.82 Å². The van der Waals surface area contributed by atoms with E-state index in [9.17, 15) is 0 Å². The van der Waals surface area contributed by atoms with E-state index >= 15 is 0 Å². The normalized spacial score (nSPS) is 11.4. The number of pyridine rings is 2. The first kappa shape index (κ1) is 33.2. The summed E-state index contributed by atoms with van der Waals surface area (Å²) in [7, 11) is 0. The van der Waals surface area contributed by atoms with Gasteiger partial charge in [-0.15, -0.1) is 0 Å². The van der Waals surface area contributed by atoms with E-state index in [1.54, 1.807) is 0 Å². The molecule has 11 aromatic rings. The molecular formula is C49H31N7O2. The molecule has 9 nitrogen and oxygen atoms in total. The Morgan fingerprint density at radius 2 is 0.862 bits per heavy atom. The molecule has 0 fully saturated rings. The monoisotopic (exact) mass is 749 g/mol. The van der Waals surface area contributed by atoms with Crippen molar-refractivity contribution in [2.24, 2.45) is 0 Å². The molecule has 0 saturated carbocycles. The minimum absolute atomic E-state index is 0.487. The molecule has 0 radical (unpaired) electrons. The molecule has 9 heteroatoms. The van der Waals surface area contributed by atoms with E-state index in [4.69, 9.17) is 19.4 Å². The fraction of sp³-hybridized carbons (Fsp3) is 0. The topological polar surface area (TPSA) is 92.8 Å². The quantitative estimate of drug-likeness (QED) is 0.153. The molecule has 0 unspecified atom stereocenters. The molecular weight excluding hydrogens is 719 g/mol. The van der Waals surface area contributed by atoms with Gasteiger partial charge in [-0.1, -0.05) is 78.9 Å². The van der Waals surface area contributed by atoms with Gasteiger partial charge in [0.2, 0.25) is 0 Å². The summed E-state index contributed by atoms with van der Waals surface area (Å²) in [5.41, 5.74) is 6.46. The smallest absolute Gasteiger partial charge is 0.162 e. The molecule has 11 rings (SSSR count). The van der Waals surface area contributed by atoms with Crippen molar-refractivity contribution in [1.29, 1.82) is 0 Å². The van der Waals surface area contributed by atoms with Gasteiger partial charge in [0.05, 0.1) is 27.6 Å². The lowest BCUT2D eigenvalue weighted by molar-refractivity contribution is 0.464. The van der Waals surface area contributed by atoms with Crippen LogP contribution < -0.4 is 9.47 Å². The third-order valence-electron chi connectivity index (χ3n) is 10.4. The molecule has 5 aromatic heterocycles. The van der Waals surface area contributed by atoms with Crippen LogP contribution in [0.3, 0.4) is 0 Å². The fourth-order valence-electron chi connectivity index (χ4n) is 7.90. The maximum Gasteiger partial charge on any atom is 0.162 e. The van der Waals surface area contributed by atoms with Gasteiger partial charge in [-0.25, -0.2) is 24.9 Å². The number of hydrogen-bond donors (Lipinski definition) is 0. The van der Waals surface area contributed by atoms with Crippen LogP contribution in [-0.2, 0) is 0 Å². The zero-order valence-electron chi connectivity index (χ0n) is 30.8. The second-order valence-corrected chi connectivity index (χ2v) is 13.8. The summed E-state index contributed by atoms with van der Waals surface area (Å²) in [6.45, 7) is 0. The summed E-state index contributed by atoms with van der Waals surface area (Å²) in [4.78, 5) is 22.5. The van der Waals surface area contributed by atoms with Crippen LogP contribution >= 0.6 is 0 Å². The van der Waals surface area contributed by atoms with Crippen molar-refractivity contribution in [3.63, 3.8) is 0 Å². The summed E-state index contributed by atoms with van der Waals surface area (Å²) >= 11 is 0. The zero-order chi connectivity index (χ0) is 38.4. The minimum atomic E-state index is 0.487. The van der Waals surface area contributed by atoms with Crippen LogP contribution in [0.2, 0.25) is 0 Å². The molecule has 0 spiro atoms. The van der Waals surface area contributed by atoms with Gasteiger partial charge in [-0.05, 0) is 78.4 Å². The van der Waals surface area contributed by atoms with Crippen molar-refractivity contribution in [3.05, 3.63) is 189 Å². The second kappa shape index (κ2) is 13.8. The molecule has 0 N–H and O–H groups in total. The summed E-state index contributed by atoms with van der Waals surface area (Å²) in [5.74, 6) is 4.56. The maximum absolute atomic E-state index is 6.99. The summed E-state index contributed by atoms with van der Waals surface area (Å²) < 4.78 is 18.3. The molecule has 0 aliphatic carbocycles. The highest BCUT2D eigenvalue weighted by molar-refractivity contribution is 6.10. The lowest BCUT2D eigenvalue weighted by atomic mass is 10.0. The standard InChI is InChI=1S/C49H31N7O2/c1-2-12-32(13-3-1)48-44(57-34-20-22-38-36-14-4-6-16-40(36)55(42(38)28-34)46-18-8-10-24-51-46)26-33(49-53-30-50-31-54-49)27-45(48)58-35-21-23-39-37-15-5-7-17-41(37)56(43(39)29-35)47-19-9-11-25-52-47/h1-31H. The summed E-state index contributed by atoms with van der Waals surface area (Å²) in [6, 6.07) is 55.0. The minimum Gasteiger partial charge on any atom is -0.456 e. The van der Waals surface area contributed by atoms with Gasteiger partial charge in [-0.3, -0.25) is 9.13 Å². The highest BCUT2D eigenvalue weighted by Gasteiger charge is 2.22. The molecule has 0 saturated heterocycles. The van der Waals surface area contributed by atoms with Crippen LogP contribution in [0.1, 0.15) is 0 Å². The first-order valence-electron chi connectivity index (χ1n) is 18.9. The van der Waals surface area contributed by atoms with Crippen LogP contribution in [-0.4, -0.2) is 34.1 Å². The molecule has 58 heavy (non-hydrogen) atoms. The Balaban J connectivity index is 1.10. The van der Waals surface area contributed by atoms with Crippen molar-refractivity contribution in [3.8, 4) is 57.1 Å². The first-order valence-corrected chi connectivity index (χ1v) is 18.9. The number of ether oxygens (including phenoxy) is 2. The van der Waals surface area contributed by atoms with Crippen LogP contribution in [0, 0.1) is 0 Å². The van der Waals surface area contributed by atoms with Crippen molar-refractivity contribution in [2.75, 3.05) is 0 Å². The Hall–Kier alpha value is -8.17. The Morgan fingerprint density at radius 1 is 0.379 bits per heavy atom. The Bertz CT molecular complexity index is 3100. The number of fused-ring (bicyclic) bond motifs is 6. The average Bonchev–Trinajstić information content (AvgIpc) is 3.79. The Labute approximate surface area is 332 Å². The van der Waals surface area contributed by atoms with Crippen LogP contribution in [0.5, 0.6) is 23.0 Å². The van der Waals surface area contributed by atoms with Gasteiger partial charge in [0.1, 0.15) is 47.3 Å². The van der Waals surface area contributed by atoms with Gasteiger partial charge < -0.3 is 9.47 Å². The van der Waals surface area contributed by atoms with Crippen LogP contribution in [0.15, 0.2) is 189 Å². The summed E-state index contributed by atoms with van der Waals surface area (Å²) in [5, 5.41) is 4.45.